The van der Waals surface area contributed by atoms with Gasteiger partial charge in [-0.25, -0.2) is 4.98 Å². The average Bonchev–Trinajstić information content (AvgIpc) is 2.37. The van der Waals surface area contributed by atoms with Gasteiger partial charge in [0.25, 0.3) is 0 Å². The summed E-state index contributed by atoms with van der Waals surface area (Å²) in [4.78, 5) is 3.96. The van der Waals surface area contributed by atoms with Gasteiger partial charge in [0, 0.05) is 0 Å². The summed E-state index contributed by atoms with van der Waals surface area (Å²) in [7, 11) is 1.66. The number of rotatable bonds is 4. The number of hydrogen-bond acceptors (Lipinski definition) is 3. The molecule has 0 fully saturated rings. The van der Waals surface area contributed by atoms with Crippen LogP contribution in [0.1, 0.15) is 11.1 Å². The number of ether oxygens (including phenoxy) is 2. The molecule has 94 valence electrons. The second-order valence-corrected chi connectivity index (χ2v) is 4.35. The Morgan fingerprint density at radius 2 is 2.00 bits per heavy atom. The number of benzene rings is 1. The van der Waals surface area contributed by atoms with Crippen LogP contribution in [0.15, 0.2) is 36.5 Å². The third kappa shape index (κ3) is 3.37. The lowest BCUT2D eigenvalue weighted by molar-refractivity contribution is 0.304. The fourth-order valence-corrected chi connectivity index (χ4v) is 1.75. The molecule has 0 spiro atoms. The lowest BCUT2D eigenvalue weighted by Gasteiger charge is -2.08. The standard InChI is InChI=1S/C14H14ClNO2/c1-10-5-11(7-13(6-10)17-2)9-18-12-3-4-14(15)16-8-12/h3-8H,9H2,1-2H3. The van der Waals surface area contributed by atoms with E-state index in [2.05, 4.69) is 11.1 Å². The minimum atomic E-state index is 0.458. The van der Waals surface area contributed by atoms with Gasteiger partial charge >= 0.3 is 0 Å². The molecular weight excluding hydrogens is 250 g/mol. The van der Waals surface area contributed by atoms with Crippen molar-refractivity contribution in [2.24, 2.45) is 0 Å². The van der Waals surface area contributed by atoms with Crippen LogP contribution in [0.3, 0.4) is 0 Å². The van der Waals surface area contributed by atoms with E-state index in [0.29, 0.717) is 17.5 Å². The van der Waals surface area contributed by atoms with Crippen LogP contribution in [-0.2, 0) is 6.61 Å². The second kappa shape index (κ2) is 5.74. The highest BCUT2D eigenvalue weighted by molar-refractivity contribution is 6.29. The molecule has 0 amide bonds. The highest BCUT2D eigenvalue weighted by Crippen LogP contribution is 2.19. The van der Waals surface area contributed by atoms with Crippen LogP contribution in [0, 0.1) is 6.92 Å². The third-order valence-electron chi connectivity index (χ3n) is 2.45. The highest BCUT2D eigenvalue weighted by atomic mass is 35.5. The minimum Gasteiger partial charge on any atom is -0.497 e. The van der Waals surface area contributed by atoms with Crippen LogP contribution < -0.4 is 9.47 Å². The normalized spacial score (nSPS) is 10.2. The first-order valence-electron chi connectivity index (χ1n) is 5.56. The summed E-state index contributed by atoms with van der Waals surface area (Å²) >= 11 is 5.71. The van der Waals surface area contributed by atoms with E-state index < -0.39 is 0 Å². The van der Waals surface area contributed by atoms with E-state index >= 15 is 0 Å². The van der Waals surface area contributed by atoms with Crippen molar-refractivity contribution in [3.63, 3.8) is 0 Å². The number of aryl methyl sites for hydroxylation is 1. The molecule has 2 aromatic rings. The summed E-state index contributed by atoms with van der Waals surface area (Å²) in [6.45, 7) is 2.50. The Labute approximate surface area is 111 Å². The van der Waals surface area contributed by atoms with Gasteiger partial charge in [0.1, 0.15) is 23.3 Å². The van der Waals surface area contributed by atoms with Crippen LogP contribution in [0.25, 0.3) is 0 Å². The maximum Gasteiger partial charge on any atom is 0.138 e. The van der Waals surface area contributed by atoms with Crippen molar-refractivity contribution < 1.29 is 9.47 Å². The van der Waals surface area contributed by atoms with E-state index in [1.807, 2.05) is 19.1 Å². The smallest absolute Gasteiger partial charge is 0.138 e. The lowest BCUT2D eigenvalue weighted by atomic mass is 10.1. The Morgan fingerprint density at radius 1 is 1.17 bits per heavy atom. The van der Waals surface area contributed by atoms with Crippen LogP contribution in [0.5, 0.6) is 11.5 Å². The van der Waals surface area contributed by atoms with Crippen molar-refractivity contribution in [1.29, 1.82) is 0 Å². The van der Waals surface area contributed by atoms with Gasteiger partial charge in [-0.1, -0.05) is 17.7 Å². The van der Waals surface area contributed by atoms with Gasteiger partial charge in [0.15, 0.2) is 0 Å². The van der Waals surface area contributed by atoms with Crippen LogP contribution in [0.4, 0.5) is 0 Å². The predicted molar refractivity (Wildman–Crippen MR) is 71.3 cm³/mol. The van der Waals surface area contributed by atoms with Gasteiger partial charge in [-0.2, -0.15) is 0 Å². The Morgan fingerprint density at radius 3 is 2.67 bits per heavy atom. The Bertz CT molecular complexity index is 526. The molecule has 1 aromatic heterocycles. The monoisotopic (exact) mass is 263 g/mol. The molecule has 1 aromatic carbocycles. The van der Waals surface area contributed by atoms with Gasteiger partial charge in [0.05, 0.1) is 13.3 Å². The Balaban J connectivity index is 2.05. The molecule has 0 atom stereocenters. The van der Waals surface area contributed by atoms with Crippen LogP contribution in [-0.4, -0.2) is 12.1 Å². The molecule has 0 saturated heterocycles. The maximum absolute atomic E-state index is 5.71. The first kappa shape index (κ1) is 12.7. The zero-order valence-electron chi connectivity index (χ0n) is 10.3. The first-order valence-corrected chi connectivity index (χ1v) is 5.94. The summed E-state index contributed by atoms with van der Waals surface area (Å²) in [6, 6.07) is 9.49. The number of methoxy groups -OCH3 is 1. The molecule has 0 unspecified atom stereocenters. The fourth-order valence-electron chi connectivity index (χ4n) is 1.64. The lowest BCUT2D eigenvalue weighted by Crippen LogP contribution is -1.97. The molecule has 0 N–H and O–H groups in total. The summed E-state index contributed by atoms with van der Waals surface area (Å²) in [5.74, 6) is 1.53. The number of halogens is 1. The number of pyridine rings is 1. The SMILES string of the molecule is COc1cc(C)cc(COc2ccc(Cl)nc2)c1. The predicted octanol–water partition coefficient (Wildman–Crippen LogP) is 3.63. The first-order chi connectivity index (χ1) is 8.67. The highest BCUT2D eigenvalue weighted by Gasteiger charge is 2.01. The molecular formula is C14H14ClNO2. The molecule has 2 rings (SSSR count). The van der Waals surface area contributed by atoms with E-state index in [9.17, 15) is 0 Å². The van der Waals surface area contributed by atoms with E-state index in [1.54, 1.807) is 25.4 Å². The van der Waals surface area contributed by atoms with Crippen molar-refractivity contribution >= 4 is 11.6 Å². The zero-order valence-corrected chi connectivity index (χ0v) is 11.1. The van der Waals surface area contributed by atoms with Gasteiger partial charge in [-0.05, 0) is 42.3 Å². The summed E-state index contributed by atoms with van der Waals surface area (Å²) in [5.41, 5.74) is 2.20. The second-order valence-electron chi connectivity index (χ2n) is 3.96. The Kier molecular flexibility index (Phi) is 4.05. The molecule has 4 heteroatoms. The molecule has 0 radical (unpaired) electrons. The largest absolute Gasteiger partial charge is 0.497 e. The molecule has 0 aliphatic rings. The van der Waals surface area contributed by atoms with E-state index in [0.717, 1.165) is 16.9 Å². The van der Waals surface area contributed by atoms with Crippen molar-refractivity contribution in [1.82, 2.24) is 4.98 Å². The van der Waals surface area contributed by atoms with E-state index in [-0.39, 0.29) is 0 Å². The topological polar surface area (TPSA) is 31.4 Å². The van der Waals surface area contributed by atoms with Gasteiger partial charge in [-0.3, -0.25) is 0 Å². The molecule has 3 nitrogen and oxygen atoms in total. The van der Waals surface area contributed by atoms with Crippen LogP contribution >= 0.6 is 11.6 Å². The fraction of sp³-hybridized carbons (Fsp3) is 0.214. The van der Waals surface area contributed by atoms with Gasteiger partial charge in [0.2, 0.25) is 0 Å². The molecule has 18 heavy (non-hydrogen) atoms. The average molecular weight is 264 g/mol. The third-order valence-corrected chi connectivity index (χ3v) is 2.68. The zero-order chi connectivity index (χ0) is 13.0. The van der Waals surface area contributed by atoms with Crippen molar-refractivity contribution in [3.05, 3.63) is 52.8 Å². The summed E-state index contributed by atoms with van der Waals surface area (Å²) in [6.07, 6.45) is 1.61. The van der Waals surface area contributed by atoms with E-state index in [1.165, 1.54) is 0 Å². The molecule has 0 saturated carbocycles. The van der Waals surface area contributed by atoms with Gasteiger partial charge < -0.3 is 9.47 Å². The van der Waals surface area contributed by atoms with Crippen LogP contribution in [0.2, 0.25) is 5.15 Å². The minimum absolute atomic E-state index is 0.458. The quantitative estimate of drug-likeness (QED) is 0.790. The molecule has 1 heterocycles. The number of nitrogens with zero attached hydrogens (tertiary/aromatic N) is 1. The molecule has 0 aliphatic heterocycles. The number of hydrogen-bond donors (Lipinski definition) is 0. The molecule has 0 bridgehead atoms. The summed E-state index contributed by atoms with van der Waals surface area (Å²) < 4.78 is 10.8. The van der Waals surface area contributed by atoms with Gasteiger partial charge in [-0.15, -0.1) is 0 Å². The van der Waals surface area contributed by atoms with Crippen molar-refractivity contribution in [2.45, 2.75) is 13.5 Å². The van der Waals surface area contributed by atoms with E-state index in [4.69, 9.17) is 21.1 Å². The Hall–Kier alpha value is -1.74. The maximum atomic E-state index is 5.71. The molecule has 0 aliphatic carbocycles. The van der Waals surface area contributed by atoms with Crippen molar-refractivity contribution in [3.8, 4) is 11.5 Å². The van der Waals surface area contributed by atoms with Crippen molar-refractivity contribution in [2.75, 3.05) is 7.11 Å². The number of aromatic nitrogens is 1. The summed E-state index contributed by atoms with van der Waals surface area (Å²) in [5, 5.41) is 0.458.